The maximum Gasteiger partial charge on any atom is 0.267 e. The summed E-state index contributed by atoms with van der Waals surface area (Å²) in [6, 6.07) is 6.10. The van der Waals surface area contributed by atoms with Crippen molar-refractivity contribution in [1.82, 2.24) is 19.0 Å². The van der Waals surface area contributed by atoms with Gasteiger partial charge < -0.3 is 4.90 Å². The molecule has 1 unspecified atom stereocenters. The van der Waals surface area contributed by atoms with E-state index in [1.54, 1.807) is 17.9 Å². The van der Waals surface area contributed by atoms with Gasteiger partial charge >= 0.3 is 0 Å². The van der Waals surface area contributed by atoms with E-state index in [0.717, 1.165) is 11.1 Å². The minimum absolute atomic E-state index is 0.240. The molecule has 0 bridgehead atoms. The van der Waals surface area contributed by atoms with Gasteiger partial charge in [0.2, 0.25) is 15.9 Å². The molecule has 1 fully saturated rings. The minimum atomic E-state index is -3.26. The second-order valence-electron chi connectivity index (χ2n) is 6.14. The molecule has 0 radical (unpaired) electrons. The maximum atomic E-state index is 12.8. The zero-order chi connectivity index (χ0) is 18.9. The van der Waals surface area contributed by atoms with Crippen molar-refractivity contribution in [3.05, 3.63) is 40.0 Å². The normalized spacial score (nSPS) is 17.2. The van der Waals surface area contributed by atoms with Gasteiger partial charge in [-0.1, -0.05) is 6.07 Å². The quantitative estimate of drug-likeness (QED) is 0.756. The van der Waals surface area contributed by atoms with Crippen LogP contribution in [0, 0.1) is 0 Å². The van der Waals surface area contributed by atoms with Crippen molar-refractivity contribution < 1.29 is 13.2 Å². The van der Waals surface area contributed by atoms with Gasteiger partial charge in [0.1, 0.15) is 11.7 Å². The molecule has 0 aromatic carbocycles. The van der Waals surface area contributed by atoms with Crippen molar-refractivity contribution in [2.45, 2.75) is 13.0 Å². The highest BCUT2D eigenvalue weighted by molar-refractivity contribution is 7.88. The van der Waals surface area contributed by atoms with Gasteiger partial charge in [0.25, 0.3) is 5.56 Å². The van der Waals surface area contributed by atoms with Crippen LogP contribution < -0.4 is 5.56 Å². The first-order chi connectivity index (χ1) is 12.3. The number of piperazine rings is 1. The van der Waals surface area contributed by atoms with Gasteiger partial charge in [-0.05, 0) is 24.4 Å². The van der Waals surface area contributed by atoms with E-state index in [0.29, 0.717) is 18.8 Å². The lowest BCUT2D eigenvalue weighted by atomic mass is 10.2. The second kappa shape index (κ2) is 7.29. The molecule has 140 valence electrons. The first-order valence-corrected chi connectivity index (χ1v) is 10.9. The number of thiophene rings is 1. The SMILES string of the molecule is CC(C(=O)N1CCN(S(C)(=O)=O)CC1)n1nc(-c2cccs2)ccc1=O. The lowest BCUT2D eigenvalue weighted by Gasteiger charge is -2.34. The number of sulfonamides is 1. The Morgan fingerprint density at radius 3 is 2.46 bits per heavy atom. The predicted molar refractivity (Wildman–Crippen MR) is 99.5 cm³/mol. The third-order valence-corrected chi connectivity index (χ3v) is 6.54. The van der Waals surface area contributed by atoms with Crippen LogP contribution in [-0.2, 0) is 14.8 Å². The Balaban J connectivity index is 1.77. The van der Waals surface area contributed by atoms with Crippen LogP contribution in [0.4, 0.5) is 0 Å². The Morgan fingerprint density at radius 2 is 1.88 bits per heavy atom. The highest BCUT2D eigenvalue weighted by Crippen LogP contribution is 2.22. The summed E-state index contributed by atoms with van der Waals surface area (Å²) >= 11 is 1.51. The zero-order valence-electron chi connectivity index (χ0n) is 14.5. The Morgan fingerprint density at radius 1 is 1.19 bits per heavy atom. The van der Waals surface area contributed by atoms with E-state index in [2.05, 4.69) is 5.10 Å². The monoisotopic (exact) mass is 396 g/mol. The zero-order valence-corrected chi connectivity index (χ0v) is 16.2. The Hall–Kier alpha value is -2.04. The van der Waals surface area contributed by atoms with E-state index in [9.17, 15) is 18.0 Å². The van der Waals surface area contributed by atoms with Crippen LogP contribution in [0.2, 0.25) is 0 Å². The summed E-state index contributed by atoms with van der Waals surface area (Å²) in [7, 11) is -3.26. The van der Waals surface area contributed by atoms with Crippen LogP contribution >= 0.6 is 11.3 Å². The topological polar surface area (TPSA) is 92.6 Å². The first kappa shape index (κ1) is 18.7. The van der Waals surface area contributed by atoms with Gasteiger partial charge in [0.15, 0.2) is 0 Å². The molecule has 26 heavy (non-hydrogen) atoms. The number of rotatable bonds is 4. The molecule has 1 atom stereocenters. The van der Waals surface area contributed by atoms with Crippen molar-refractivity contribution in [3.63, 3.8) is 0 Å². The summed E-state index contributed by atoms with van der Waals surface area (Å²) in [5.41, 5.74) is 0.294. The summed E-state index contributed by atoms with van der Waals surface area (Å²) < 4.78 is 25.7. The fourth-order valence-electron chi connectivity index (χ4n) is 2.87. The fraction of sp³-hybridized carbons (Fsp3) is 0.438. The van der Waals surface area contributed by atoms with E-state index in [-0.39, 0.29) is 24.6 Å². The summed E-state index contributed by atoms with van der Waals surface area (Å²) in [6.07, 6.45) is 1.16. The number of aromatic nitrogens is 2. The van der Waals surface area contributed by atoms with Gasteiger partial charge in [-0.2, -0.15) is 9.40 Å². The number of nitrogens with zero attached hydrogens (tertiary/aromatic N) is 4. The summed E-state index contributed by atoms with van der Waals surface area (Å²) in [5.74, 6) is -0.240. The van der Waals surface area contributed by atoms with Crippen molar-refractivity contribution in [2.24, 2.45) is 0 Å². The molecule has 10 heteroatoms. The molecule has 3 heterocycles. The van der Waals surface area contributed by atoms with Crippen LogP contribution in [0.15, 0.2) is 34.4 Å². The second-order valence-corrected chi connectivity index (χ2v) is 9.07. The molecule has 1 amide bonds. The predicted octanol–water partition coefficient (Wildman–Crippen LogP) is 0.637. The molecule has 0 spiro atoms. The number of hydrogen-bond acceptors (Lipinski definition) is 6. The standard InChI is InChI=1S/C16H20N4O4S2/c1-12(16(22)18-7-9-19(10-8-18)26(2,23)24)20-15(21)6-5-13(17-20)14-4-3-11-25-14/h3-6,11-12H,7-10H2,1-2H3. The molecule has 1 aliphatic heterocycles. The van der Waals surface area contributed by atoms with Crippen LogP contribution in [0.25, 0.3) is 10.6 Å². The molecule has 1 aliphatic rings. The molecule has 8 nitrogen and oxygen atoms in total. The number of amides is 1. The Kier molecular flexibility index (Phi) is 5.26. The van der Waals surface area contributed by atoms with Crippen molar-refractivity contribution in [3.8, 4) is 10.6 Å². The smallest absolute Gasteiger partial charge is 0.267 e. The van der Waals surface area contributed by atoms with Crippen molar-refractivity contribution >= 4 is 27.3 Å². The minimum Gasteiger partial charge on any atom is -0.338 e. The van der Waals surface area contributed by atoms with E-state index in [1.165, 1.54) is 26.4 Å². The van der Waals surface area contributed by atoms with Crippen molar-refractivity contribution in [2.75, 3.05) is 32.4 Å². The first-order valence-electron chi connectivity index (χ1n) is 8.15. The Bertz CT molecular complexity index is 945. The third-order valence-electron chi connectivity index (χ3n) is 4.34. The highest BCUT2D eigenvalue weighted by Gasteiger charge is 2.29. The van der Waals surface area contributed by atoms with Gasteiger partial charge in [0, 0.05) is 32.2 Å². The van der Waals surface area contributed by atoms with E-state index >= 15 is 0 Å². The highest BCUT2D eigenvalue weighted by atomic mass is 32.2. The van der Waals surface area contributed by atoms with Crippen LogP contribution in [-0.4, -0.2) is 65.7 Å². The summed E-state index contributed by atoms with van der Waals surface area (Å²) in [5, 5.41) is 6.26. The largest absolute Gasteiger partial charge is 0.338 e. The van der Waals surface area contributed by atoms with Crippen molar-refractivity contribution in [1.29, 1.82) is 0 Å². The lowest BCUT2D eigenvalue weighted by Crippen LogP contribution is -2.52. The van der Waals surface area contributed by atoms with E-state index in [4.69, 9.17) is 0 Å². The molecule has 0 saturated carbocycles. The molecular weight excluding hydrogens is 376 g/mol. The summed E-state index contributed by atoms with van der Waals surface area (Å²) in [6.45, 7) is 2.76. The van der Waals surface area contributed by atoms with Gasteiger partial charge in [-0.3, -0.25) is 9.59 Å². The molecule has 3 rings (SSSR count). The van der Waals surface area contributed by atoms with Gasteiger partial charge in [-0.25, -0.2) is 13.1 Å². The number of carbonyl (C=O) groups is 1. The average Bonchev–Trinajstić information content (AvgIpc) is 3.15. The average molecular weight is 396 g/mol. The van der Waals surface area contributed by atoms with Gasteiger partial charge in [0.05, 0.1) is 11.1 Å². The van der Waals surface area contributed by atoms with E-state index < -0.39 is 16.1 Å². The maximum absolute atomic E-state index is 12.8. The molecule has 2 aromatic rings. The lowest BCUT2D eigenvalue weighted by molar-refractivity contribution is -0.135. The summed E-state index contributed by atoms with van der Waals surface area (Å²) in [4.78, 5) is 27.5. The Labute approximate surface area is 155 Å². The van der Waals surface area contributed by atoms with Crippen LogP contribution in [0.5, 0.6) is 0 Å². The third kappa shape index (κ3) is 3.87. The molecule has 1 saturated heterocycles. The molecule has 2 aromatic heterocycles. The fourth-order valence-corrected chi connectivity index (χ4v) is 4.38. The van der Waals surface area contributed by atoms with Gasteiger partial charge in [-0.15, -0.1) is 11.3 Å². The number of carbonyl (C=O) groups excluding carboxylic acids is 1. The molecular formula is C16H20N4O4S2. The molecule has 0 N–H and O–H groups in total. The van der Waals surface area contributed by atoms with E-state index in [1.807, 2.05) is 17.5 Å². The van der Waals surface area contributed by atoms with Crippen LogP contribution in [0.3, 0.4) is 0 Å². The number of hydrogen-bond donors (Lipinski definition) is 0. The van der Waals surface area contributed by atoms with Crippen LogP contribution in [0.1, 0.15) is 13.0 Å². The molecule has 0 aliphatic carbocycles.